The number of hydrogen-bond acceptors (Lipinski definition) is 2. The Morgan fingerprint density at radius 2 is 1.12 bits per heavy atom. The van der Waals surface area contributed by atoms with Gasteiger partial charge in [0, 0.05) is 0 Å². The Balaban J connectivity index is 1.74. The quantitative estimate of drug-likeness (QED) is 0.0469. The summed E-state index contributed by atoms with van der Waals surface area (Å²) in [6, 6.07) is 43.7. The van der Waals surface area contributed by atoms with E-state index in [-0.39, 0.29) is 24.7 Å². The van der Waals surface area contributed by atoms with Crippen LogP contribution in [-0.4, -0.2) is 19.1 Å². The van der Waals surface area contributed by atoms with Crippen LogP contribution in [0.3, 0.4) is 0 Å². The molecule has 4 rings (SSSR count). The van der Waals surface area contributed by atoms with E-state index >= 15 is 0 Å². The summed E-state index contributed by atoms with van der Waals surface area (Å²) in [4.78, 5) is 0. The zero-order valence-corrected chi connectivity index (χ0v) is 27.2. The Kier molecular flexibility index (Phi) is 10.8. The van der Waals surface area contributed by atoms with E-state index in [1.54, 1.807) is 0 Å². The molecule has 3 atom stereocenters. The van der Waals surface area contributed by atoms with E-state index < -0.39 is 4.25 Å². The van der Waals surface area contributed by atoms with Crippen LogP contribution in [0.15, 0.2) is 133 Å². The predicted octanol–water partition coefficient (Wildman–Crippen LogP) is 8.66. The van der Waals surface area contributed by atoms with Crippen molar-refractivity contribution in [2.75, 3.05) is 13.0 Å². The Bertz CT molecular complexity index is 1240. The molecule has 0 spiro atoms. The second-order valence-corrected chi connectivity index (χ2v) is 21.7. The molecule has 4 aromatic rings. The van der Waals surface area contributed by atoms with E-state index in [9.17, 15) is 0 Å². The second kappa shape index (κ2) is 14.0. The van der Waals surface area contributed by atoms with Gasteiger partial charge in [-0.1, -0.05) is 0 Å². The van der Waals surface area contributed by atoms with E-state index in [1.807, 2.05) is 18.2 Å². The van der Waals surface area contributed by atoms with Gasteiger partial charge in [-0.15, -0.1) is 0 Å². The van der Waals surface area contributed by atoms with Gasteiger partial charge in [0.1, 0.15) is 0 Å². The molecule has 0 unspecified atom stereocenters. The first-order chi connectivity index (χ1) is 19.3. The molecule has 4 heteroatoms. The van der Waals surface area contributed by atoms with E-state index in [0.717, 1.165) is 11.7 Å². The van der Waals surface area contributed by atoms with Gasteiger partial charge in [-0.25, -0.2) is 0 Å². The summed E-state index contributed by atoms with van der Waals surface area (Å²) in [6.07, 6.45) is 3.32. The molecule has 0 aromatic heterocycles. The van der Waals surface area contributed by atoms with Gasteiger partial charge >= 0.3 is 255 Å². The fraction of sp³-hybridized carbons (Fsp3) is 0.278. The van der Waals surface area contributed by atoms with Crippen molar-refractivity contribution in [3.8, 4) is 0 Å². The number of hydrogen-bond donors (Lipinski definition) is 0. The molecule has 0 fully saturated rings. The normalized spacial score (nSPS) is 14.9. The first-order valence-corrected chi connectivity index (χ1v) is 19.3. The van der Waals surface area contributed by atoms with E-state index in [0.29, 0.717) is 6.61 Å². The SMILES string of the molecule is CC(C)=C[C@H](C)[C@@H](OCOCc1ccccc1)[C@@H](C)CP(I)(c1ccccc1)(c1ccccc1)c1ccccc1. The van der Waals surface area contributed by atoms with Crippen LogP contribution in [0.25, 0.3) is 0 Å². The van der Waals surface area contributed by atoms with E-state index in [1.165, 1.54) is 21.5 Å². The van der Waals surface area contributed by atoms with Gasteiger partial charge in [-0.05, 0) is 0 Å². The molecule has 0 saturated heterocycles. The number of allylic oxidation sites excluding steroid dienone is 1. The molecule has 4 aromatic carbocycles. The van der Waals surface area contributed by atoms with Crippen LogP contribution in [0.1, 0.15) is 33.3 Å². The van der Waals surface area contributed by atoms with Crippen LogP contribution >= 0.6 is 26.3 Å². The molecule has 0 heterocycles. The molecule has 2 nitrogen and oxygen atoms in total. The van der Waals surface area contributed by atoms with E-state index in [2.05, 4.69) is 159 Å². The molecule has 0 bridgehead atoms. The van der Waals surface area contributed by atoms with Gasteiger partial charge in [-0.2, -0.15) is 0 Å². The molecule has 0 radical (unpaired) electrons. The van der Waals surface area contributed by atoms with Gasteiger partial charge in [0.25, 0.3) is 0 Å². The minimum atomic E-state index is -2.93. The molecule has 0 aliphatic carbocycles. The molecule has 0 saturated carbocycles. The molecule has 0 aliphatic rings. The van der Waals surface area contributed by atoms with Crippen molar-refractivity contribution in [1.29, 1.82) is 0 Å². The van der Waals surface area contributed by atoms with Crippen LogP contribution in [0.2, 0.25) is 0 Å². The fourth-order valence-corrected chi connectivity index (χ4v) is 15.9. The fourth-order valence-electron chi connectivity index (χ4n) is 5.94. The van der Waals surface area contributed by atoms with Crippen molar-refractivity contribution >= 4 is 42.2 Å². The van der Waals surface area contributed by atoms with Crippen LogP contribution in [0.5, 0.6) is 0 Å². The Morgan fingerprint density at radius 3 is 1.55 bits per heavy atom. The average Bonchev–Trinajstić information content (AvgIpc) is 2.98. The van der Waals surface area contributed by atoms with Crippen LogP contribution in [0, 0.1) is 11.8 Å². The maximum absolute atomic E-state index is 6.64. The van der Waals surface area contributed by atoms with Crippen molar-refractivity contribution in [3.63, 3.8) is 0 Å². The van der Waals surface area contributed by atoms with Crippen molar-refractivity contribution in [2.45, 2.75) is 40.4 Å². The summed E-state index contributed by atoms with van der Waals surface area (Å²) in [6.45, 7) is 9.79. The molecule has 0 N–H and O–H groups in total. The summed E-state index contributed by atoms with van der Waals surface area (Å²) in [7, 11) is 0. The standard InChI is InChI=1S/C36H42IO2P/c1-29(2)25-30(3)36(39-28-38-26-32-17-9-5-10-18-32)31(4)27-40(37,33-19-11-6-12-20-33,34-21-13-7-14-22-34)35-23-15-8-16-24-35/h5-25,30-31,36H,26-28H2,1-4H3/t30-,31-,36+/m0/s1. The minimum absolute atomic E-state index is 0.00178. The van der Waals surface area contributed by atoms with Crippen molar-refractivity contribution < 1.29 is 9.47 Å². The van der Waals surface area contributed by atoms with Crippen LogP contribution in [-0.2, 0) is 16.1 Å². The first-order valence-electron chi connectivity index (χ1n) is 14.1. The van der Waals surface area contributed by atoms with Gasteiger partial charge in [0.15, 0.2) is 0 Å². The molecule has 210 valence electrons. The van der Waals surface area contributed by atoms with Gasteiger partial charge < -0.3 is 0 Å². The van der Waals surface area contributed by atoms with Gasteiger partial charge in [-0.3, -0.25) is 0 Å². The van der Waals surface area contributed by atoms with Crippen molar-refractivity contribution in [1.82, 2.24) is 0 Å². The summed E-state index contributed by atoms with van der Waals surface area (Å²) in [5, 5.41) is 4.19. The van der Waals surface area contributed by atoms with Crippen LogP contribution < -0.4 is 15.9 Å². The summed E-state index contributed by atoms with van der Waals surface area (Å²) in [5.74, 6) is 0.494. The number of rotatable bonds is 13. The first kappa shape index (κ1) is 30.7. The monoisotopic (exact) mass is 664 g/mol. The third-order valence-corrected chi connectivity index (χ3v) is 19.2. The molecule has 0 amide bonds. The van der Waals surface area contributed by atoms with Gasteiger partial charge in [0.2, 0.25) is 0 Å². The molecule has 0 aliphatic heterocycles. The molecular formula is C36H42IO2P. The molecule has 40 heavy (non-hydrogen) atoms. The maximum atomic E-state index is 6.64. The van der Waals surface area contributed by atoms with Crippen LogP contribution in [0.4, 0.5) is 0 Å². The van der Waals surface area contributed by atoms with E-state index in [4.69, 9.17) is 9.47 Å². The number of ether oxygens (including phenoxy) is 2. The zero-order valence-electron chi connectivity index (χ0n) is 24.1. The summed E-state index contributed by atoms with van der Waals surface area (Å²) in [5.41, 5.74) is 2.46. The Hall–Kier alpha value is -2.30. The second-order valence-electron chi connectivity index (χ2n) is 11.0. The van der Waals surface area contributed by atoms with Crippen molar-refractivity contribution in [2.24, 2.45) is 11.8 Å². The Morgan fingerprint density at radius 1 is 0.700 bits per heavy atom. The third-order valence-electron chi connectivity index (χ3n) is 7.65. The number of benzene rings is 4. The average molecular weight is 665 g/mol. The number of halogens is 1. The summed E-state index contributed by atoms with van der Waals surface area (Å²) >= 11 is 2.88. The van der Waals surface area contributed by atoms with Crippen molar-refractivity contribution in [3.05, 3.63) is 139 Å². The predicted molar refractivity (Wildman–Crippen MR) is 183 cm³/mol. The zero-order chi connectivity index (χ0) is 28.5. The third kappa shape index (κ3) is 6.94. The topological polar surface area (TPSA) is 18.5 Å². The summed E-state index contributed by atoms with van der Waals surface area (Å²) < 4.78 is 9.74. The Labute approximate surface area is 254 Å². The van der Waals surface area contributed by atoms with Gasteiger partial charge in [0.05, 0.1) is 0 Å². The molecular weight excluding hydrogens is 622 g/mol.